The molecule has 0 unspecified atom stereocenters. The van der Waals surface area contributed by atoms with Crippen LogP contribution in [0.3, 0.4) is 0 Å². The molecule has 0 heterocycles. The molecule has 2 aromatic carbocycles. The fourth-order valence-corrected chi connectivity index (χ4v) is 4.00. The molecule has 0 bridgehead atoms. The number of nitro groups is 1. The Bertz CT molecular complexity index is 984. The fraction of sp³-hybridized carbons (Fsp3) is 0.273. The van der Waals surface area contributed by atoms with Crippen LogP contribution in [0.2, 0.25) is 0 Å². The maximum absolute atomic E-state index is 11.4. The molecule has 28 heavy (non-hydrogen) atoms. The van der Waals surface area contributed by atoms with Crippen LogP contribution < -0.4 is 4.74 Å². The predicted molar refractivity (Wildman–Crippen MR) is 104 cm³/mol. The first-order valence-electron chi connectivity index (χ1n) is 8.97. The second-order valence-corrected chi connectivity index (χ2v) is 6.71. The molecule has 140 valence electrons. The van der Waals surface area contributed by atoms with Gasteiger partial charge in [0.25, 0.3) is 0 Å². The molecule has 0 fully saturated rings. The zero-order valence-electron chi connectivity index (χ0n) is 15.5. The summed E-state index contributed by atoms with van der Waals surface area (Å²) in [6.45, 7) is -0.262. The maximum atomic E-state index is 11.4. The van der Waals surface area contributed by atoms with E-state index in [9.17, 15) is 20.6 Å². The van der Waals surface area contributed by atoms with Gasteiger partial charge in [0.1, 0.15) is 23.5 Å². The molecule has 6 nitrogen and oxygen atoms in total. The Kier molecular flexibility index (Phi) is 5.72. The lowest BCUT2D eigenvalue weighted by Gasteiger charge is -2.33. The van der Waals surface area contributed by atoms with Crippen molar-refractivity contribution in [2.24, 2.45) is 5.92 Å². The minimum atomic E-state index is -0.428. The van der Waals surface area contributed by atoms with Crippen molar-refractivity contribution in [3.05, 3.63) is 80.9 Å². The summed E-state index contributed by atoms with van der Waals surface area (Å²) in [6.07, 6.45) is 1.35. The van der Waals surface area contributed by atoms with E-state index in [0.717, 1.165) is 23.1 Å². The number of nitrogens with zero attached hydrogens (tertiary/aromatic N) is 3. The van der Waals surface area contributed by atoms with Gasteiger partial charge in [0.2, 0.25) is 6.54 Å². The molecule has 2 atom stereocenters. The van der Waals surface area contributed by atoms with Crippen LogP contribution >= 0.6 is 0 Å². The Labute approximate surface area is 163 Å². The van der Waals surface area contributed by atoms with Crippen molar-refractivity contribution in [2.75, 3.05) is 13.7 Å². The summed E-state index contributed by atoms with van der Waals surface area (Å²) in [4.78, 5) is 11.1. The molecule has 2 aromatic rings. The Balaban J connectivity index is 2.20. The van der Waals surface area contributed by atoms with Gasteiger partial charge in [-0.3, -0.25) is 10.1 Å². The van der Waals surface area contributed by atoms with Crippen molar-refractivity contribution < 1.29 is 9.66 Å². The van der Waals surface area contributed by atoms with Crippen molar-refractivity contribution >= 4 is 5.57 Å². The molecule has 0 saturated heterocycles. The van der Waals surface area contributed by atoms with Gasteiger partial charge in [0, 0.05) is 4.92 Å². The molecule has 0 aliphatic heterocycles. The number of benzene rings is 2. The minimum Gasteiger partial charge on any atom is -0.497 e. The fourth-order valence-electron chi connectivity index (χ4n) is 4.00. The van der Waals surface area contributed by atoms with Gasteiger partial charge >= 0.3 is 0 Å². The molecule has 0 aromatic heterocycles. The zero-order valence-corrected chi connectivity index (χ0v) is 15.5. The number of methoxy groups -OCH3 is 1. The number of aryl methyl sites for hydroxylation is 1. The third kappa shape index (κ3) is 3.72. The Morgan fingerprint density at radius 2 is 1.96 bits per heavy atom. The predicted octanol–water partition coefficient (Wildman–Crippen LogP) is 4.12. The van der Waals surface area contributed by atoms with E-state index < -0.39 is 5.92 Å². The highest BCUT2D eigenvalue weighted by molar-refractivity contribution is 5.81. The number of rotatable bonds is 5. The van der Waals surface area contributed by atoms with Crippen molar-refractivity contribution in [1.29, 1.82) is 10.5 Å². The van der Waals surface area contributed by atoms with Gasteiger partial charge in [0.05, 0.1) is 13.0 Å². The van der Waals surface area contributed by atoms with Gasteiger partial charge in [-0.25, -0.2) is 0 Å². The topological polar surface area (TPSA) is 99.9 Å². The number of fused-ring (bicyclic) bond motifs is 1. The van der Waals surface area contributed by atoms with Crippen LogP contribution in [-0.4, -0.2) is 18.6 Å². The van der Waals surface area contributed by atoms with Crippen LogP contribution in [0.4, 0.5) is 0 Å². The van der Waals surface area contributed by atoms with E-state index >= 15 is 0 Å². The highest BCUT2D eigenvalue weighted by atomic mass is 16.6. The molecule has 0 saturated carbocycles. The molecule has 1 aliphatic carbocycles. The van der Waals surface area contributed by atoms with Gasteiger partial charge in [-0.2, -0.15) is 10.5 Å². The summed E-state index contributed by atoms with van der Waals surface area (Å²) in [5.41, 5.74) is 3.22. The highest BCUT2D eigenvalue weighted by Crippen LogP contribution is 2.45. The van der Waals surface area contributed by atoms with Crippen LogP contribution in [0, 0.1) is 38.7 Å². The molecule has 6 heteroatoms. The molecule has 0 spiro atoms. The Hall–Kier alpha value is -3.64. The molecular weight excluding hydrogens is 354 g/mol. The maximum Gasteiger partial charge on any atom is 0.211 e. The largest absolute Gasteiger partial charge is 0.497 e. The minimum absolute atomic E-state index is 0.00322. The first-order chi connectivity index (χ1) is 13.6. The van der Waals surface area contributed by atoms with Crippen LogP contribution in [-0.2, 0) is 6.42 Å². The SMILES string of the molecule is COc1ccc2c(c1)C(=C(C#N)C#N)[C@H]([C@@H](C[N+](=O)[O-])c1ccccc1)CC2. The average Bonchev–Trinajstić information content (AvgIpc) is 2.73. The standard InChI is InChI=1S/C22H19N3O3/c1-28-18-9-7-16-8-10-19(22(20(16)11-18)17(12-23)13-24)21(14-25(26)27)15-5-3-2-4-6-15/h2-7,9,11,19,21H,8,10,14H2,1H3/t19-,21-/m0/s1. The lowest BCUT2D eigenvalue weighted by Crippen LogP contribution is -2.26. The van der Waals surface area contributed by atoms with Gasteiger partial charge in [-0.15, -0.1) is 0 Å². The molecule has 0 N–H and O–H groups in total. The van der Waals surface area contributed by atoms with Crippen LogP contribution in [0.25, 0.3) is 5.57 Å². The van der Waals surface area contributed by atoms with E-state index in [4.69, 9.17) is 4.74 Å². The van der Waals surface area contributed by atoms with Crippen molar-refractivity contribution in [3.63, 3.8) is 0 Å². The lowest BCUT2D eigenvalue weighted by atomic mass is 9.70. The monoisotopic (exact) mass is 373 g/mol. The van der Waals surface area contributed by atoms with Crippen LogP contribution in [0.5, 0.6) is 5.75 Å². The van der Waals surface area contributed by atoms with Crippen molar-refractivity contribution in [1.82, 2.24) is 0 Å². The molecule has 1 aliphatic rings. The average molecular weight is 373 g/mol. The van der Waals surface area contributed by atoms with E-state index in [0.29, 0.717) is 17.7 Å². The first kappa shape index (κ1) is 19.1. The molecule has 0 amide bonds. The summed E-state index contributed by atoms with van der Waals surface area (Å²) >= 11 is 0. The van der Waals surface area contributed by atoms with Gasteiger partial charge in [0.15, 0.2) is 0 Å². The Morgan fingerprint density at radius 3 is 2.57 bits per heavy atom. The van der Waals surface area contributed by atoms with E-state index in [2.05, 4.69) is 0 Å². The quantitative estimate of drug-likeness (QED) is 0.446. The number of hydrogen-bond acceptors (Lipinski definition) is 5. The molecule has 3 rings (SSSR count). The molecule has 0 radical (unpaired) electrons. The van der Waals surface area contributed by atoms with E-state index in [-0.39, 0.29) is 23.0 Å². The van der Waals surface area contributed by atoms with E-state index in [1.54, 1.807) is 7.11 Å². The number of hydrogen-bond donors (Lipinski definition) is 0. The normalized spacial score (nSPS) is 16.2. The third-order valence-corrected chi connectivity index (χ3v) is 5.25. The second-order valence-electron chi connectivity index (χ2n) is 6.71. The highest BCUT2D eigenvalue weighted by Gasteiger charge is 2.36. The van der Waals surface area contributed by atoms with Gasteiger partial charge in [-0.05, 0) is 53.2 Å². The van der Waals surface area contributed by atoms with Crippen LogP contribution in [0.15, 0.2) is 54.1 Å². The van der Waals surface area contributed by atoms with Crippen molar-refractivity contribution in [3.8, 4) is 17.9 Å². The lowest BCUT2D eigenvalue weighted by molar-refractivity contribution is -0.484. The van der Waals surface area contributed by atoms with Gasteiger partial charge < -0.3 is 4.74 Å². The number of ether oxygens (including phenoxy) is 1. The zero-order chi connectivity index (χ0) is 20.1. The first-order valence-corrected chi connectivity index (χ1v) is 8.97. The van der Waals surface area contributed by atoms with Crippen LogP contribution in [0.1, 0.15) is 29.0 Å². The summed E-state index contributed by atoms with van der Waals surface area (Å²) in [7, 11) is 1.56. The van der Waals surface area contributed by atoms with Gasteiger partial charge in [-0.1, -0.05) is 36.4 Å². The third-order valence-electron chi connectivity index (χ3n) is 5.25. The molecular formula is C22H19N3O3. The van der Waals surface area contributed by atoms with E-state index in [1.165, 1.54) is 0 Å². The summed E-state index contributed by atoms with van der Waals surface area (Å²) < 4.78 is 5.32. The Morgan fingerprint density at radius 1 is 1.25 bits per heavy atom. The number of nitriles is 2. The summed E-state index contributed by atoms with van der Waals surface area (Å²) in [6, 6.07) is 18.9. The summed E-state index contributed by atoms with van der Waals surface area (Å²) in [5.74, 6) is -0.110. The summed E-state index contributed by atoms with van der Waals surface area (Å²) in [5, 5.41) is 30.6. The van der Waals surface area contributed by atoms with Crippen molar-refractivity contribution in [2.45, 2.75) is 18.8 Å². The second kappa shape index (κ2) is 8.37. The van der Waals surface area contributed by atoms with E-state index in [1.807, 2.05) is 60.7 Å². The smallest absolute Gasteiger partial charge is 0.211 e. The number of allylic oxidation sites excluding steroid dienone is 2.